The monoisotopic (exact) mass is 221 g/mol. The van der Waals surface area contributed by atoms with Crippen molar-refractivity contribution in [3.05, 3.63) is 28.8 Å². The molecule has 0 aromatic heterocycles. The summed E-state index contributed by atoms with van der Waals surface area (Å²) in [4.78, 5) is 0. The Labute approximate surface area is 99.0 Å². The van der Waals surface area contributed by atoms with Crippen LogP contribution in [0.4, 0.5) is 0 Å². The van der Waals surface area contributed by atoms with E-state index in [1.165, 1.54) is 16.7 Å². The van der Waals surface area contributed by atoms with E-state index in [0.717, 1.165) is 18.7 Å². The van der Waals surface area contributed by atoms with E-state index in [0.29, 0.717) is 0 Å². The number of hydrogen-bond donors (Lipinski definition) is 1. The molecule has 2 heteroatoms. The molecule has 0 aliphatic carbocycles. The Morgan fingerprint density at radius 3 is 2.50 bits per heavy atom. The van der Waals surface area contributed by atoms with Crippen LogP contribution in [0.2, 0.25) is 0 Å². The number of benzene rings is 1. The molecule has 1 rings (SSSR count). The topological polar surface area (TPSA) is 21.3 Å². The predicted molar refractivity (Wildman–Crippen MR) is 69.3 cm³/mol. The number of likely N-dealkylation sites (N-methyl/N-ethyl adjacent to an activating group) is 1. The highest BCUT2D eigenvalue weighted by Crippen LogP contribution is 2.27. The molecule has 0 unspecified atom stereocenters. The van der Waals surface area contributed by atoms with Crippen LogP contribution in [0.1, 0.15) is 30.5 Å². The van der Waals surface area contributed by atoms with Crippen LogP contribution in [0.25, 0.3) is 0 Å². The highest BCUT2D eigenvalue weighted by Gasteiger charge is 2.10. The first-order valence-corrected chi connectivity index (χ1v) is 5.96. The summed E-state index contributed by atoms with van der Waals surface area (Å²) >= 11 is 0. The minimum atomic E-state index is 0.230. The zero-order chi connectivity index (χ0) is 12.1. The van der Waals surface area contributed by atoms with Gasteiger partial charge in [0, 0.05) is 0 Å². The maximum atomic E-state index is 5.93. The average Bonchev–Trinajstić information content (AvgIpc) is 2.23. The number of nitrogens with one attached hydrogen (secondary N) is 1. The highest BCUT2D eigenvalue weighted by molar-refractivity contribution is 5.45. The van der Waals surface area contributed by atoms with Gasteiger partial charge in [-0.1, -0.05) is 12.1 Å². The van der Waals surface area contributed by atoms with Crippen LogP contribution in [-0.4, -0.2) is 19.7 Å². The van der Waals surface area contributed by atoms with Crippen molar-refractivity contribution in [2.75, 3.05) is 13.6 Å². The fourth-order valence-electron chi connectivity index (χ4n) is 1.70. The molecule has 0 saturated heterocycles. The zero-order valence-electron chi connectivity index (χ0n) is 11.1. The first kappa shape index (κ1) is 13.0. The van der Waals surface area contributed by atoms with Crippen molar-refractivity contribution < 1.29 is 4.74 Å². The summed E-state index contributed by atoms with van der Waals surface area (Å²) in [6.45, 7) is 9.39. The third-order valence-corrected chi connectivity index (χ3v) is 2.76. The molecule has 0 bridgehead atoms. The van der Waals surface area contributed by atoms with Gasteiger partial charge >= 0.3 is 0 Å². The summed E-state index contributed by atoms with van der Waals surface area (Å²) in [5.41, 5.74) is 3.86. The number of ether oxygens (including phenoxy) is 1. The Hall–Kier alpha value is -1.02. The first-order valence-electron chi connectivity index (χ1n) is 5.96. The molecular weight excluding hydrogens is 198 g/mol. The van der Waals surface area contributed by atoms with Gasteiger partial charge in [-0.2, -0.15) is 0 Å². The van der Waals surface area contributed by atoms with E-state index in [-0.39, 0.29) is 6.10 Å². The van der Waals surface area contributed by atoms with Crippen molar-refractivity contribution in [2.24, 2.45) is 0 Å². The third kappa shape index (κ3) is 3.24. The van der Waals surface area contributed by atoms with Crippen LogP contribution in [0.15, 0.2) is 12.1 Å². The van der Waals surface area contributed by atoms with E-state index < -0.39 is 0 Å². The van der Waals surface area contributed by atoms with Crippen LogP contribution in [0, 0.1) is 13.8 Å². The van der Waals surface area contributed by atoms with E-state index in [1.807, 2.05) is 7.05 Å². The van der Waals surface area contributed by atoms with Gasteiger partial charge in [0.1, 0.15) is 5.75 Å². The maximum Gasteiger partial charge on any atom is 0.126 e. The molecule has 0 saturated carbocycles. The molecule has 0 spiro atoms. The summed E-state index contributed by atoms with van der Waals surface area (Å²) in [7, 11) is 1.98. The molecule has 0 fully saturated rings. The largest absolute Gasteiger partial charge is 0.490 e. The third-order valence-electron chi connectivity index (χ3n) is 2.76. The summed E-state index contributed by atoms with van der Waals surface area (Å²) in [5.74, 6) is 1.07. The summed E-state index contributed by atoms with van der Waals surface area (Å²) in [6, 6.07) is 4.35. The van der Waals surface area contributed by atoms with Crippen LogP contribution in [-0.2, 0) is 6.42 Å². The SMILES string of the molecule is CNCCc1ccc(C)c(C)c1OC(C)C. The van der Waals surface area contributed by atoms with Gasteiger partial charge in [0.2, 0.25) is 0 Å². The Bertz CT molecular complexity index is 345. The lowest BCUT2D eigenvalue weighted by molar-refractivity contribution is 0.238. The minimum Gasteiger partial charge on any atom is -0.490 e. The normalized spacial score (nSPS) is 10.9. The molecule has 0 heterocycles. The van der Waals surface area contributed by atoms with Crippen molar-refractivity contribution in [3.8, 4) is 5.75 Å². The lowest BCUT2D eigenvalue weighted by atomic mass is 10.0. The van der Waals surface area contributed by atoms with Crippen molar-refractivity contribution in [3.63, 3.8) is 0 Å². The standard InChI is InChI=1S/C14H23NO/c1-10(2)16-14-12(4)11(3)6-7-13(14)8-9-15-5/h6-7,10,15H,8-9H2,1-5H3. The van der Waals surface area contributed by atoms with Crippen LogP contribution < -0.4 is 10.1 Å². The lowest BCUT2D eigenvalue weighted by Crippen LogP contribution is -2.14. The van der Waals surface area contributed by atoms with Crippen LogP contribution in [0.5, 0.6) is 5.75 Å². The minimum absolute atomic E-state index is 0.230. The van der Waals surface area contributed by atoms with E-state index in [9.17, 15) is 0 Å². The fraction of sp³-hybridized carbons (Fsp3) is 0.571. The van der Waals surface area contributed by atoms with Crippen molar-refractivity contribution in [1.29, 1.82) is 0 Å². The Kier molecular flexibility index (Phi) is 4.81. The van der Waals surface area contributed by atoms with Gasteiger partial charge < -0.3 is 10.1 Å². The summed E-state index contributed by atoms with van der Waals surface area (Å²) in [6.07, 6.45) is 1.24. The van der Waals surface area contributed by atoms with Gasteiger partial charge in [0.15, 0.2) is 0 Å². The van der Waals surface area contributed by atoms with E-state index in [4.69, 9.17) is 4.74 Å². The van der Waals surface area contributed by atoms with Gasteiger partial charge in [-0.05, 0) is 64.4 Å². The molecule has 1 aromatic rings. The summed E-state index contributed by atoms with van der Waals surface area (Å²) in [5, 5.41) is 3.18. The van der Waals surface area contributed by atoms with Crippen LogP contribution in [0.3, 0.4) is 0 Å². The molecular formula is C14H23NO. The van der Waals surface area contributed by atoms with E-state index in [1.54, 1.807) is 0 Å². The van der Waals surface area contributed by atoms with E-state index in [2.05, 4.69) is 45.1 Å². The molecule has 0 radical (unpaired) electrons. The summed E-state index contributed by atoms with van der Waals surface area (Å²) < 4.78 is 5.93. The molecule has 0 atom stereocenters. The number of aryl methyl sites for hydroxylation is 1. The molecule has 2 nitrogen and oxygen atoms in total. The Morgan fingerprint density at radius 2 is 1.94 bits per heavy atom. The predicted octanol–water partition coefficient (Wildman–Crippen LogP) is 2.85. The van der Waals surface area contributed by atoms with Crippen molar-refractivity contribution in [1.82, 2.24) is 5.32 Å². The first-order chi connectivity index (χ1) is 7.56. The van der Waals surface area contributed by atoms with Crippen molar-refractivity contribution in [2.45, 2.75) is 40.2 Å². The Morgan fingerprint density at radius 1 is 1.25 bits per heavy atom. The quantitative estimate of drug-likeness (QED) is 0.825. The molecule has 0 aliphatic heterocycles. The van der Waals surface area contributed by atoms with E-state index >= 15 is 0 Å². The fourth-order valence-corrected chi connectivity index (χ4v) is 1.70. The molecule has 1 N–H and O–H groups in total. The molecule has 16 heavy (non-hydrogen) atoms. The van der Waals surface area contributed by atoms with Gasteiger partial charge in [0.25, 0.3) is 0 Å². The second kappa shape index (κ2) is 5.90. The molecule has 0 aliphatic rings. The number of rotatable bonds is 5. The second-order valence-electron chi connectivity index (χ2n) is 4.52. The highest BCUT2D eigenvalue weighted by atomic mass is 16.5. The lowest BCUT2D eigenvalue weighted by Gasteiger charge is -2.18. The average molecular weight is 221 g/mol. The molecule has 0 amide bonds. The smallest absolute Gasteiger partial charge is 0.126 e. The van der Waals surface area contributed by atoms with Gasteiger partial charge in [-0.3, -0.25) is 0 Å². The van der Waals surface area contributed by atoms with Gasteiger partial charge in [0.05, 0.1) is 6.10 Å². The molecule has 90 valence electrons. The second-order valence-corrected chi connectivity index (χ2v) is 4.52. The van der Waals surface area contributed by atoms with Gasteiger partial charge in [-0.25, -0.2) is 0 Å². The maximum absolute atomic E-state index is 5.93. The van der Waals surface area contributed by atoms with Gasteiger partial charge in [-0.15, -0.1) is 0 Å². The molecule has 1 aromatic carbocycles. The zero-order valence-corrected chi connectivity index (χ0v) is 11.1. The Balaban J connectivity index is 3.01. The van der Waals surface area contributed by atoms with Crippen LogP contribution >= 0.6 is 0 Å². The van der Waals surface area contributed by atoms with Crippen molar-refractivity contribution >= 4 is 0 Å². The number of hydrogen-bond acceptors (Lipinski definition) is 2.